The van der Waals surface area contributed by atoms with Gasteiger partial charge < -0.3 is 10.6 Å². The Balaban J connectivity index is 0.00000208. The lowest BCUT2D eigenvalue weighted by atomic mass is 10.0. The van der Waals surface area contributed by atoms with Crippen LogP contribution < -0.4 is 5.73 Å². The first kappa shape index (κ1) is 18.6. The quantitative estimate of drug-likeness (QED) is 0.847. The van der Waals surface area contributed by atoms with Gasteiger partial charge in [0.15, 0.2) is 0 Å². The molecule has 1 amide bonds. The van der Waals surface area contributed by atoms with E-state index in [4.69, 9.17) is 5.73 Å². The number of nitrogens with two attached hydrogens (primary N) is 1. The molecule has 3 rings (SSSR count). The second-order valence-corrected chi connectivity index (χ2v) is 6.94. The van der Waals surface area contributed by atoms with Crippen LogP contribution in [0.15, 0.2) is 41.8 Å². The van der Waals surface area contributed by atoms with Crippen LogP contribution in [0.3, 0.4) is 0 Å². The van der Waals surface area contributed by atoms with Crippen molar-refractivity contribution in [2.24, 2.45) is 11.7 Å². The van der Waals surface area contributed by atoms with Crippen molar-refractivity contribution in [3.05, 3.63) is 57.8 Å². The Morgan fingerprint density at radius 3 is 2.50 bits per heavy atom. The fraction of sp³-hybridized carbons (Fsp3) is 0.333. The summed E-state index contributed by atoms with van der Waals surface area (Å²) in [5.41, 5.74) is 6.71. The number of hydrogen-bond donors (Lipinski definition) is 1. The second-order valence-electron chi connectivity index (χ2n) is 6.00. The van der Waals surface area contributed by atoms with Gasteiger partial charge in [-0.1, -0.05) is 24.3 Å². The minimum Gasteiger partial charge on any atom is -0.336 e. The van der Waals surface area contributed by atoms with Crippen LogP contribution in [0.25, 0.3) is 0 Å². The number of hydrogen-bond acceptors (Lipinski definition) is 4. The van der Waals surface area contributed by atoms with E-state index in [0.717, 1.165) is 6.42 Å². The number of carbonyl (C=O) groups excluding carboxylic acids is 2. The lowest BCUT2D eigenvalue weighted by Gasteiger charge is -2.22. The zero-order chi connectivity index (χ0) is 16.4. The number of carbonyl (C=O) groups is 2. The van der Waals surface area contributed by atoms with Gasteiger partial charge in [-0.25, -0.2) is 0 Å². The summed E-state index contributed by atoms with van der Waals surface area (Å²) in [5.74, 6) is 0.175. The summed E-state index contributed by atoms with van der Waals surface area (Å²) in [7, 11) is 0. The Morgan fingerprint density at radius 2 is 1.92 bits per heavy atom. The van der Waals surface area contributed by atoms with Crippen LogP contribution in [0.2, 0.25) is 0 Å². The third-order valence-corrected chi connectivity index (χ3v) is 5.27. The molecule has 0 aliphatic carbocycles. The molecule has 1 aromatic heterocycles. The molecule has 1 aliphatic rings. The molecule has 2 N–H and O–H groups in total. The highest BCUT2D eigenvalue weighted by Gasteiger charge is 2.33. The van der Waals surface area contributed by atoms with Crippen molar-refractivity contribution >= 4 is 35.4 Å². The molecule has 0 radical (unpaired) electrons. The number of halogens is 1. The first-order valence-electron chi connectivity index (χ1n) is 7.80. The van der Waals surface area contributed by atoms with E-state index in [1.165, 1.54) is 11.3 Å². The van der Waals surface area contributed by atoms with Gasteiger partial charge in [0.25, 0.3) is 5.91 Å². The van der Waals surface area contributed by atoms with Crippen molar-refractivity contribution in [2.45, 2.75) is 19.4 Å². The third-order valence-electron chi connectivity index (χ3n) is 4.40. The van der Waals surface area contributed by atoms with E-state index in [9.17, 15) is 9.59 Å². The van der Waals surface area contributed by atoms with Crippen molar-refractivity contribution in [3.63, 3.8) is 0 Å². The molecule has 0 saturated carbocycles. The zero-order valence-corrected chi connectivity index (χ0v) is 15.1. The lowest BCUT2D eigenvalue weighted by Crippen LogP contribution is -2.35. The molecule has 128 valence electrons. The van der Waals surface area contributed by atoms with Crippen molar-refractivity contribution in [2.75, 3.05) is 13.1 Å². The van der Waals surface area contributed by atoms with E-state index in [1.807, 2.05) is 23.3 Å². The van der Waals surface area contributed by atoms with Crippen LogP contribution in [0.5, 0.6) is 0 Å². The number of ketones is 1. The van der Waals surface area contributed by atoms with E-state index < -0.39 is 0 Å². The summed E-state index contributed by atoms with van der Waals surface area (Å²) in [6.45, 7) is 3.29. The van der Waals surface area contributed by atoms with Gasteiger partial charge in [0.1, 0.15) is 0 Å². The summed E-state index contributed by atoms with van der Waals surface area (Å²) in [6.07, 6.45) is 0.920. The molecule has 2 atom stereocenters. The first-order chi connectivity index (χ1) is 11.1. The van der Waals surface area contributed by atoms with E-state index >= 15 is 0 Å². The lowest BCUT2D eigenvalue weighted by molar-refractivity contribution is 0.0739. The van der Waals surface area contributed by atoms with Crippen LogP contribution in [-0.4, -0.2) is 35.7 Å². The summed E-state index contributed by atoms with van der Waals surface area (Å²) in [4.78, 5) is 28.1. The number of thiophene rings is 1. The van der Waals surface area contributed by atoms with Gasteiger partial charge in [-0.2, -0.15) is 0 Å². The number of benzene rings is 1. The van der Waals surface area contributed by atoms with Gasteiger partial charge in [0, 0.05) is 18.2 Å². The molecule has 24 heavy (non-hydrogen) atoms. The summed E-state index contributed by atoms with van der Waals surface area (Å²) >= 11 is 1.39. The normalized spacial score (nSPS) is 19.8. The van der Waals surface area contributed by atoms with Crippen LogP contribution in [-0.2, 0) is 0 Å². The topological polar surface area (TPSA) is 63.4 Å². The molecule has 1 aliphatic heterocycles. The molecular formula is C18H21ClN2O2S. The molecule has 0 spiro atoms. The van der Waals surface area contributed by atoms with Gasteiger partial charge in [-0.3, -0.25) is 9.59 Å². The minimum atomic E-state index is -0.0915. The summed E-state index contributed by atoms with van der Waals surface area (Å²) in [6, 6.07) is 10.9. The summed E-state index contributed by atoms with van der Waals surface area (Å²) in [5, 5.41) is 1.87. The fourth-order valence-corrected chi connectivity index (χ4v) is 3.84. The molecule has 0 bridgehead atoms. The van der Waals surface area contributed by atoms with Crippen LogP contribution >= 0.6 is 23.7 Å². The highest BCUT2D eigenvalue weighted by atomic mass is 35.5. The predicted octanol–water partition coefficient (Wildman–Crippen LogP) is 3.21. The molecule has 2 aromatic rings. The predicted molar refractivity (Wildman–Crippen MR) is 99.1 cm³/mol. The largest absolute Gasteiger partial charge is 0.336 e. The standard InChI is InChI=1S/C18H20N2O2S.ClH/c1-12-9-13(10-19)11-20(12)18(22)15-6-3-2-5-14(15)17(21)16-7-4-8-23-16;/h2-8,12-13H,9-11,19H2,1H3;1H. The maximum absolute atomic E-state index is 13.0. The molecule has 2 heterocycles. The third kappa shape index (κ3) is 3.53. The van der Waals surface area contributed by atoms with Gasteiger partial charge >= 0.3 is 0 Å². The van der Waals surface area contributed by atoms with Gasteiger partial charge in [0.2, 0.25) is 5.78 Å². The zero-order valence-electron chi connectivity index (χ0n) is 13.5. The van der Waals surface area contributed by atoms with Crippen molar-refractivity contribution in [3.8, 4) is 0 Å². The van der Waals surface area contributed by atoms with Crippen molar-refractivity contribution in [1.82, 2.24) is 4.90 Å². The Bertz CT molecular complexity index is 718. The average Bonchev–Trinajstić information content (AvgIpc) is 3.23. The van der Waals surface area contributed by atoms with Crippen LogP contribution in [0.1, 0.15) is 38.9 Å². The highest BCUT2D eigenvalue weighted by Crippen LogP contribution is 2.26. The Morgan fingerprint density at radius 1 is 1.21 bits per heavy atom. The number of amides is 1. The van der Waals surface area contributed by atoms with E-state index in [-0.39, 0.29) is 30.1 Å². The van der Waals surface area contributed by atoms with Crippen molar-refractivity contribution < 1.29 is 9.59 Å². The Hall–Kier alpha value is -1.69. The highest BCUT2D eigenvalue weighted by molar-refractivity contribution is 7.12. The minimum absolute atomic E-state index is 0. The van der Waals surface area contributed by atoms with E-state index in [1.54, 1.807) is 30.3 Å². The average molecular weight is 365 g/mol. The van der Waals surface area contributed by atoms with E-state index in [0.29, 0.717) is 35.0 Å². The smallest absolute Gasteiger partial charge is 0.254 e. The molecule has 4 nitrogen and oxygen atoms in total. The monoisotopic (exact) mass is 364 g/mol. The maximum atomic E-state index is 13.0. The number of nitrogens with zero attached hydrogens (tertiary/aromatic N) is 1. The van der Waals surface area contributed by atoms with Crippen LogP contribution in [0, 0.1) is 5.92 Å². The summed E-state index contributed by atoms with van der Waals surface area (Å²) < 4.78 is 0. The molecule has 6 heteroatoms. The molecular weight excluding hydrogens is 344 g/mol. The van der Waals surface area contributed by atoms with E-state index in [2.05, 4.69) is 0 Å². The van der Waals surface area contributed by atoms with Crippen LogP contribution in [0.4, 0.5) is 0 Å². The Kier molecular flexibility index (Phi) is 6.15. The molecule has 1 aromatic carbocycles. The molecule has 1 fully saturated rings. The second kappa shape index (κ2) is 7.92. The molecule has 1 saturated heterocycles. The van der Waals surface area contributed by atoms with Gasteiger partial charge in [-0.15, -0.1) is 23.7 Å². The first-order valence-corrected chi connectivity index (χ1v) is 8.68. The SMILES string of the molecule is CC1CC(CN)CN1C(=O)c1ccccc1C(=O)c1cccs1.Cl. The van der Waals surface area contributed by atoms with Gasteiger partial charge in [0.05, 0.1) is 10.4 Å². The van der Waals surface area contributed by atoms with Gasteiger partial charge in [-0.05, 0) is 43.3 Å². The number of rotatable bonds is 4. The fourth-order valence-electron chi connectivity index (χ4n) is 3.16. The molecule has 2 unspecified atom stereocenters. The number of likely N-dealkylation sites (tertiary alicyclic amines) is 1. The maximum Gasteiger partial charge on any atom is 0.254 e. The van der Waals surface area contributed by atoms with Crippen molar-refractivity contribution in [1.29, 1.82) is 0 Å². The Labute approximate surface area is 152 Å².